The van der Waals surface area contributed by atoms with E-state index in [0.717, 1.165) is 41.7 Å². The summed E-state index contributed by atoms with van der Waals surface area (Å²) >= 11 is 0. The molecule has 0 unspecified atom stereocenters. The summed E-state index contributed by atoms with van der Waals surface area (Å²) in [6.07, 6.45) is 1.58. The molecular formula is C16H20N4O. The number of fused-ring (bicyclic) bond motifs is 1. The Balaban J connectivity index is 1.93. The molecule has 4 N–H and O–H groups in total. The van der Waals surface area contributed by atoms with Crippen LogP contribution in [0.2, 0.25) is 0 Å². The third-order valence-corrected chi connectivity index (χ3v) is 4.13. The van der Waals surface area contributed by atoms with E-state index in [1.165, 1.54) is 0 Å². The standard InChI is InChI=1S/C16H20N4O/c1-20(9-10-6-11(21)7-10)15-8-13(16(17)18)12-4-2-3-5-14(12)19-15/h2-5,8,10-11,21H,6-7,9H2,1H3,(H3,17,18). The minimum atomic E-state index is -0.138. The fraction of sp³-hybridized carbons (Fsp3) is 0.375. The molecule has 2 aromatic rings. The zero-order chi connectivity index (χ0) is 15.0. The first-order chi connectivity index (χ1) is 10.0. The van der Waals surface area contributed by atoms with Gasteiger partial charge in [-0.2, -0.15) is 0 Å². The summed E-state index contributed by atoms with van der Waals surface area (Å²) in [4.78, 5) is 6.74. The number of nitrogen functional groups attached to an aromatic ring is 1. The number of para-hydroxylation sites is 1. The number of hydrogen-bond donors (Lipinski definition) is 3. The second kappa shape index (κ2) is 5.33. The first-order valence-electron chi connectivity index (χ1n) is 7.18. The average Bonchev–Trinajstić information content (AvgIpc) is 2.44. The molecule has 1 saturated carbocycles. The van der Waals surface area contributed by atoms with Crippen molar-refractivity contribution < 1.29 is 5.11 Å². The van der Waals surface area contributed by atoms with Crippen molar-refractivity contribution in [3.8, 4) is 0 Å². The van der Waals surface area contributed by atoms with E-state index in [9.17, 15) is 5.11 Å². The fourth-order valence-corrected chi connectivity index (χ4v) is 2.91. The Hall–Kier alpha value is -2.14. The molecule has 1 aromatic carbocycles. The molecule has 0 amide bonds. The summed E-state index contributed by atoms with van der Waals surface area (Å²) in [6.45, 7) is 0.861. The third kappa shape index (κ3) is 2.69. The normalized spacial score (nSPS) is 21.0. The molecule has 5 heteroatoms. The lowest BCUT2D eigenvalue weighted by Crippen LogP contribution is -2.37. The van der Waals surface area contributed by atoms with Crippen molar-refractivity contribution in [2.75, 3.05) is 18.5 Å². The number of nitrogens with zero attached hydrogens (tertiary/aromatic N) is 2. The van der Waals surface area contributed by atoms with Crippen molar-refractivity contribution in [1.29, 1.82) is 5.41 Å². The number of rotatable bonds is 4. The molecule has 0 bridgehead atoms. The highest BCUT2D eigenvalue weighted by Gasteiger charge is 2.28. The number of amidine groups is 1. The van der Waals surface area contributed by atoms with Crippen molar-refractivity contribution in [2.24, 2.45) is 11.7 Å². The molecule has 0 radical (unpaired) electrons. The molecule has 5 nitrogen and oxygen atoms in total. The summed E-state index contributed by atoms with van der Waals surface area (Å²) in [6, 6.07) is 9.61. The highest BCUT2D eigenvalue weighted by atomic mass is 16.3. The van der Waals surface area contributed by atoms with Gasteiger partial charge in [-0.05, 0) is 30.9 Å². The van der Waals surface area contributed by atoms with Crippen molar-refractivity contribution in [3.63, 3.8) is 0 Å². The van der Waals surface area contributed by atoms with Crippen molar-refractivity contribution in [1.82, 2.24) is 4.98 Å². The van der Waals surface area contributed by atoms with Crippen molar-refractivity contribution >= 4 is 22.6 Å². The Kier molecular flexibility index (Phi) is 3.51. The molecule has 0 atom stereocenters. The van der Waals surface area contributed by atoms with Crippen LogP contribution in [0.5, 0.6) is 0 Å². The van der Waals surface area contributed by atoms with Gasteiger partial charge < -0.3 is 15.7 Å². The van der Waals surface area contributed by atoms with Crippen LogP contribution in [0.15, 0.2) is 30.3 Å². The molecule has 3 rings (SSSR count). The number of hydrogen-bond acceptors (Lipinski definition) is 4. The van der Waals surface area contributed by atoms with Crippen LogP contribution < -0.4 is 10.6 Å². The molecule has 1 aromatic heterocycles. The maximum Gasteiger partial charge on any atom is 0.129 e. The predicted molar refractivity (Wildman–Crippen MR) is 84.8 cm³/mol. The summed E-state index contributed by atoms with van der Waals surface area (Å²) < 4.78 is 0. The van der Waals surface area contributed by atoms with Crippen LogP contribution >= 0.6 is 0 Å². The predicted octanol–water partition coefficient (Wildman–Crippen LogP) is 1.73. The van der Waals surface area contributed by atoms with Gasteiger partial charge >= 0.3 is 0 Å². The Labute approximate surface area is 123 Å². The topological polar surface area (TPSA) is 86.2 Å². The lowest BCUT2D eigenvalue weighted by molar-refractivity contribution is 0.0464. The van der Waals surface area contributed by atoms with Gasteiger partial charge in [0.1, 0.15) is 11.7 Å². The van der Waals surface area contributed by atoms with Gasteiger partial charge in [0.15, 0.2) is 0 Å². The molecule has 1 fully saturated rings. The SMILES string of the molecule is CN(CC1CC(O)C1)c1cc(C(=N)N)c2ccccc2n1. The number of aromatic nitrogens is 1. The van der Waals surface area contributed by atoms with Crippen LogP contribution in [-0.4, -0.2) is 35.6 Å². The van der Waals surface area contributed by atoms with E-state index in [2.05, 4.69) is 9.88 Å². The first kappa shape index (κ1) is 13.8. The minimum absolute atomic E-state index is 0.0577. The Morgan fingerprint density at radius 3 is 2.81 bits per heavy atom. The molecule has 1 heterocycles. The second-order valence-electron chi connectivity index (χ2n) is 5.83. The molecule has 0 aliphatic heterocycles. The number of benzene rings is 1. The maximum atomic E-state index is 9.38. The van der Waals surface area contributed by atoms with Crippen LogP contribution in [0.3, 0.4) is 0 Å². The average molecular weight is 284 g/mol. The van der Waals surface area contributed by atoms with Crippen LogP contribution in [-0.2, 0) is 0 Å². The lowest BCUT2D eigenvalue weighted by Gasteiger charge is -2.35. The smallest absolute Gasteiger partial charge is 0.129 e. The van der Waals surface area contributed by atoms with Crippen LogP contribution in [0.25, 0.3) is 10.9 Å². The Bertz CT molecular complexity index is 679. The summed E-state index contributed by atoms with van der Waals surface area (Å²) in [5.74, 6) is 1.39. The summed E-state index contributed by atoms with van der Waals surface area (Å²) in [5, 5.41) is 18.1. The number of aliphatic hydroxyl groups excluding tert-OH is 1. The van der Waals surface area contributed by atoms with Gasteiger partial charge in [-0.3, -0.25) is 5.41 Å². The van der Waals surface area contributed by atoms with Crippen molar-refractivity contribution in [3.05, 3.63) is 35.9 Å². The zero-order valence-corrected chi connectivity index (χ0v) is 12.1. The van der Waals surface area contributed by atoms with Crippen LogP contribution in [0.1, 0.15) is 18.4 Å². The highest BCUT2D eigenvalue weighted by Crippen LogP contribution is 2.29. The maximum absolute atomic E-state index is 9.38. The number of aliphatic hydroxyl groups is 1. The lowest BCUT2D eigenvalue weighted by atomic mass is 9.82. The second-order valence-corrected chi connectivity index (χ2v) is 5.83. The quantitative estimate of drug-likeness (QED) is 0.589. The number of anilines is 1. The largest absolute Gasteiger partial charge is 0.393 e. The monoisotopic (exact) mass is 284 g/mol. The molecule has 1 aliphatic carbocycles. The molecule has 21 heavy (non-hydrogen) atoms. The molecule has 0 spiro atoms. The number of nitrogens with one attached hydrogen (secondary N) is 1. The van der Waals surface area contributed by atoms with Gasteiger partial charge in [0, 0.05) is 24.5 Å². The third-order valence-electron chi connectivity index (χ3n) is 4.13. The molecular weight excluding hydrogens is 264 g/mol. The fourth-order valence-electron chi connectivity index (χ4n) is 2.91. The molecule has 110 valence electrons. The molecule has 0 saturated heterocycles. The van der Waals surface area contributed by atoms with E-state index in [-0.39, 0.29) is 11.9 Å². The van der Waals surface area contributed by atoms with Crippen LogP contribution in [0.4, 0.5) is 5.82 Å². The van der Waals surface area contributed by atoms with Gasteiger partial charge in [0.2, 0.25) is 0 Å². The highest BCUT2D eigenvalue weighted by molar-refractivity contribution is 6.07. The van der Waals surface area contributed by atoms with E-state index in [1.54, 1.807) is 0 Å². The minimum Gasteiger partial charge on any atom is -0.393 e. The molecule has 1 aliphatic rings. The Morgan fingerprint density at radius 1 is 1.43 bits per heavy atom. The summed E-state index contributed by atoms with van der Waals surface area (Å²) in [5.41, 5.74) is 7.28. The van der Waals surface area contributed by atoms with Crippen LogP contribution in [0, 0.1) is 11.3 Å². The number of pyridine rings is 1. The van der Waals surface area contributed by atoms with E-state index in [4.69, 9.17) is 11.1 Å². The van der Waals surface area contributed by atoms with E-state index >= 15 is 0 Å². The van der Waals surface area contributed by atoms with Gasteiger partial charge in [-0.15, -0.1) is 0 Å². The first-order valence-corrected chi connectivity index (χ1v) is 7.18. The van der Waals surface area contributed by atoms with Gasteiger partial charge in [0.25, 0.3) is 0 Å². The summed E-state index contributed by atoms with van der Waals surface area (Å²) in [7, 11) is 1.99. The van der Waals surface area contributed by atoms with Gasteiger partial charge in [-0.25, -0.2) is 4.98 Å². The zero-order valence-electron chi connectivity index (χ0n) is 12.1. The van der Waals surface area contributed by atoms with Gasteiger partial charge in [-0.1, -0.05) is 18.2 Å². The van der Waals surface area contributed by atoms with Gasteiger partial charge in [0.05, 0.1) is 11.6 Å². The van der Waals surface area contributed by atoms with Crippen molar-refractivity contribution in [2.45, 2.75) is 18.9 Å². The Morgan fingerprint density at radius 2 is 2.14 bits per heavy atom. The van der Waals surface area contributed by atoms with E-state index in [0.29, 0.717) is 5.92 Å². The number of nitrogens with two attached hydrogens (primary N) is 1. The van der Waals surface area contributed by atoms with E-state index < -0.39 is 0 Å². The van der Waals surface area contributed by atoms with E-state index in [1.807, 2.05) is 37.4 Å².